The van der Waals surface area contributed by atoms with Crippen molar-refractivity contribution in [1.29, 1.82) is 5.26 Å². The Balaban J connectivity index is 1.94. The molecule has 2 aromatic carbocycles. The third-order valence-electron chi connectivity index (χ3n) is 4.25. The number of benzene rings is 2. The Labute approximate surface area is 181 Å². The lowest BCUT2D eigenvalue weighted by Gasteiger charge is -2.15. The minimum Gasteiger partial charge on any atom is -0.488 e. The van der Waals surface area contributed by atoms with Crippen LogP contribution in [0, 0.1) is 23.2 Å². The summed E-state index contributed by atoms with van der Waals surface area (Å²) in [5.74, 6) is 6.65. The maximum Gasteiger partial charge on any atom is 0.257 e. The number of nitrogens with one attached hydrogen (secondary N) is 1. The number of nitrogens with zero attached hydrogens (tertiary/aromatic N) is 3. The molecule has 0 fully saturated rings. The molecule has 3 rings (SSSR count). The van der Waals surface area contributed by atoms with E-state index in [9.17, 15) is 10.1 Å². The van der Waals surface area contributed by atoms with Gasteiger partial charge < -0.3 is 14.8 Å². The average Bonchev–Trinajstić information content (AvgIpc) is 3.16. The van der Waals surface area contributed by atoms with Gasteiger partial charge in [-0.15, -0.1) is 0 Å². The molecule has 0 saturated carbocycles. The molecule has 0 aliphatic heterocycles. The fourth-order valence-electron chi connectivity index (χ4n) is 2.87. The summed E-state index contributed by atoms with van der Waals surface area (Å²) in [4.78, 5) is 12.8. The number of ether oxygens (including phenoxy) is 2. The number of carbonyl (C=O) groups is 1. The van der Waals surface area contributed by atoms with Crippen LogP contribution in [0.3, 0.4) is 0 Å². The average molecular weight is 414 g/mol. The zero-order valence-electron chi connectivity index (χ0n) is 17.5. The molecule has 1 amide bonds. The maximum atomic E-state index is 12.8. The van der Waals surface area contributed by atoms with Crippen LogP contribution in [-0.4, -0.2) is 35.5 Å². The lowest BCUT2D eigenvalue weighted by atomic mass is 10.1. The number of rotatable bonds is 6. The van der Waals surface area contributed by atoms with Crippen molar-refractivity contribution in [3.8, 4) is 23.7 Å². The molecule has 0 bridgehead atoms. The first-order valence-electron chi connectivity index (χ1n) is 9.61. The van der Waals surface area contributed by atoms with Crippen molar-refractivity contribution in [3.63, 3.8) is 0 Å². The molecule has 0 aliphatic carbocycles. The van der Waals surface area contributed by atoms with Crippen molar-refractivity contribution >= 4 is 11.7 Å². The van der Waals surface area contributed by atoms with E-state index in [0.29, 0.717) is 40.4 Å². The number of aromatic nitrogens is 2. The highest BCUT2D eigenvalue weighted by Crippen LogP contribution is 2.20. The molecular weight excluding hydrogens is 392 g/mol. The Hall–Kier alpha value is -4.07. The van der Waals surface area contributed by atoms with Crippen molar-refractivity contribution < 1.29 is 14.3 Å². The number of anilines is 1. The van der Waals surface area contributed by atoms with E-state index in [1.54, 1.807) is 67.5 Å². The Morgan fingerprint density at radius 1 is 1.19 bits per heavy atom. The highest BCUT2D eigenvalue weighted by Gasteiger charge is 2.12. The first kappa shape index (κ1) is 21.6. The summed E-state index contributed by atoms with van der Waals surface area (Å²) >= 11 is 0. The van der Waals surface area contributed by atoms with Crippen LogP contribution in [0.25, 0.3) is 0 Å². The molecule has 0 unspecified atom stereocenters. The summed E-state index contributed by atoms with van der Waals surface area (Å²) in [6.07, 6.45) is 1.53. The number of amides is 1. The standard InChI is InChI=1S/C24H22N4O3/c1-17(16-30-3)31-22-13-18(8-9-19-6-4-5-7-20(19)15-25)12-21(14-22)24(29)26-23-10-11-28(2)27-23/h4-7,10-14,17H,16H2,1-3H3,(H,26,27,29)/t17-/m0/s1. The van der Waals surface area contributed by atoms with Crippen LogP contribution >= 0.6 is 0 Å². The van der Waals surface area contributed by atoms with E-state index >= 15 is 0 Å². The molecule has 0 saturated heterocycles. The van der Waals surface area contributed by atoms with Gasteiger partial charge in [0.15, 0.2) is 5.82 Å². The number of nitriles is 1. The van der Waals surface area contributed by atoms with Gasteiger partial charge in [0.2, 0.25) is 0 Å². The molecule has 0 radical (unpaired) electrons. The minimum atomic E-state index is -0.330. The van der Waals surface area contributed by atoms with Gasteiger partial charge in [-0.25, -0.2) is 0 Å². The van der Waals surface area contributed by atoms with Crippen molar-refractivity contribution in [1.82, 2.24) is 9.78 Å². The van der Waals surface area contributed by atoms with Gasteiger partial charge in [0, 0.05) is 43.1 Å². The molecule has 7 heteroatoms. The Morgan fingerprint density at radius 2 is 1.97 bits per heavy atom. The molecule has 1 atom stereocenters. The van der Waals surface area contributed by atoms with Gasteiger partial charge in [0.1, 0.15) is 17.9 Å². The van der Waals surface area contributed by atoms with E-state index in [1.807, 2.05) is 13.0 Å². The maximum absolute atomic E-state index is 12.8. The van der Waals surface area contributed by atoms with Gasteiger partial charge >= 0.3 is 0 Å². The first-order chi connectivity index (χ1) is 15.0. The molecule has 3 aromatic rings. The predicted octanol–water partition coefficient (Wildman–Crippen LogP) is 3.36. The summed E-state index contributed by atoms with van der Waals surface area (Å²) in [7, 11) is 3.37. The fraction of sp³-hybridized carbons (Fsp3) is 0.208. The zero-order chi connectivity index (χ0) is 22.2. The summed E-state index contributed by atoms with van der Waals surface area (Å²) in [5.41, 5.74) is 2.07. The second-order valence-corrected chi connectivity index (χ2v) is 6.87. The molecular formula is C24H22N4O3. The third-order valence-corrected chi connectivity index (χ3v) is 4.25. The smallest absolute Gasteiger partial charge is 0.257 e. The monoisotopic (exact) mass is 414 g/mol. The lowest BCUT2D eigenvalue weighted by Crippen LogP contribution is -2.19. The SMILES string of the molecule is COC[C@H](C)Oc1cc(C#Cc2ccccc2C#N)cc(C(=O)Nc2ccn(C)n2)c1. The van der Waals surface area contributed by atoms with Crippen LogP contribution in [-0.2, 0) is 11.8 Å². The number of methoxy groups -OCH3 is 1. The molecule has 1 heterocycles. The van der Waals surface area contributed by atoms with Gasteiger partial charge in [-0.3, -0.25) is 9.48 Å². The zero-order valence-corrected chi connectivity index (χ0v) is 17.5. The number of hydrogen-bond donors (Lipinski definition) is 1. The van der Waals surface area contributed by atoms with Gasteiger partial charge in [0.25, 0.3) is 5.91 Å². The fourth-order valence-corrected chi connectivity index (χ4v) is 2.87. The number of hydrogen-bond acceptors (Lipinski definition) is 5. The third kappa shape index (κ3) is 5.96. The van der Waals surface area contributed by atoms with Gasteiger partial charge in [-0.2, -0.15) is 10.4 Å². The lowest BCUT2D eigenvalue weighted by molar-refractivity contribution is 0.0917. The van der Waals surface area contributed by atoms with E-state index in [2.05, 4.69) is 28.3 Å². The van der Waals surface area contributed by atoms with Crippen LogP contribution in [0.2, 0.25) is 0 Å². The molecule has 0 spiro atoms. The van der Waals surface area contributed by atoms with Crippen molar-refractivity contribution in [2.24, 2.45) is 7.05 Å². The van der Waals surface area contributed by atoms with Crippen LogP contribution in [0.15, 0.2) is 54.7 Å². The quantitative estimate of drug-likeness (QED) is 0.625. The topological polar surface area (TPSA) is 89.2 Å². The van der Waals surface area contributed by atoms with E-state index in [-0.39, 0.29) is 12.0 Å². The molecule has 156 valence electrons. The van der Waals surface area contributed by atoms with Crippen LogP contribution < -0.4 is 10.1 Å². The highest BCUT2D eigenvalue weighted by molar-refractivity contribution is 6.04. The summed E-state index contributed by atoms with van der Waals surface area (Å²) < 4.78 is 12.6. The van der Waals surface area contributed by atoms with Gasteiger partial charge in [0.05, 0.1) is 12.2 Å². The van der Waals surface area contributed by atoms with Crippen LogP contribution in [0.4, 0.5) is 5.82 Å². The molecule has 1 N–H and O–H groups in total. The normalized spacial score (nSPS) is 11.0. The summed E-state index contributed by atoms with van der Waals surface area (Å²) in [6.45, 7) is 2.28. The predicted molar refractivity (Wildman–Crippen MR) is 117 cm³/mol. The molecule has 0 aliphatic rings. The number of aryl methyl sites for hydroxylation is 1. The van der Waals surface area contributed by atoms with Gasteiger partial charge in [-0.05, 0) is 37.3 Å². The highest BCUT2D eigenvalue weighted by atomic mass is 16.5. The Morgan fingerprint density at radius 3 is 2.65 bits per heavy atom. The Bertz CT molecular complexity index is 1180. The second-order valence-electron chi connectivity index (χ2n) is 6.87. The van der Waals surface area contributed by atoms with E-state index < -0.39 is 0 Å². The molecule has 1 aromatic heterocycles. The number of carbonyl (C=O) groups excluding carboxylic acids is 1. The molecule has 31 heavy (non-hydrogen) atoms. The minimum absolute atomic E-state index is 0.209. The first-order valence-corrected chi connectivity index (χ1v) is 9.61. The molecule has 7 nitrogen and oxygen atoms in total. The van der Waals surface area contributed by atoms with E-state index in [0.717, 1.165) is 0 Å². The van der Waals surface area contributed by atoms with Crippen molar-refractivity contribution in [2.75, 3.05) is 19.0 Å². The van der Waals surface area contributed by atoms with Crippen LogP contribution in [0.5, 0.6) is 5.75 Å². The van der Waals surface area contributed by atoms with Crippen molar-refractivity contribution in [3.05, 3.63) is 77.0 Å². The summed E-state index contributed by atoms with van der Waals surface area (Å²) in [5, 5.41) is 16.2. The van der Waals surface area contributed by atoms with Crippen LogP contribution in [0.1, 0.15) is 34.0 Å². The summed E-state index contributed by atoms with van der Waals surface area (Å²) in [6, 6.07) is 16.0. The van der Waals surface area contributed by atoms with E-state index in [4.69, 9.17) is 9.47 Å². The van der Waals surface area contributed by atoms with Crippen molar-refractivity contribution in [2.45, 2.75) is 13.0 Å². The largest absolute Gasteiger partial charge is 0.488 e. The second kappa shape index (κ2) is 10.1. The Kier molecular flexibility index (Phi) is 7.05. The van der Waals surface area contributed by atoms with Gasteiger partial charge in [-0.1, -0.05) is 24.0 Å². The van der Waals surface area contributed by atoms with E-state index in [1.165, 1.54) is 0 Å².